The topological polar surface area (TPSA) is 70.6 Å². The van der Waals surface area contributed by atoms with E-state index in [0.717, 1.165) is 0 Å². The Morgan fingerprint density at radius 3 is 2.52 bits per heavy atom. The Hall–Kier alpha value is -1.89. The van der Waals surface area contributed by atoms with Crippen molar-refractivity contribution in [1.82, 2.24) is 5.43 Å². The predicted octanol–water partition coefficient (Wildman–Crippen LogP) is 3.84. The van der Waals surface area contributed by atoms with Gasteiger partial charge in [0.25, 0.3) is 0 Å². The highest BCUT2D eigenvalue weighted by molar-refractivity contribution is 9.10. The van der Waals surface area contributed by atoms with Gasteiger partial charge in [0.1, 0.15) is 0 Å². The van der Waals surface area contributed by atoms with Crippen LogP contribution in [0.15, 0.2) is 52.0 Å². The molecule has 0 saturated carbocycles. The molecule has 2 amide bonds. The molecule has 23 heavy (non-hydrogen) atoms. The Balaban J connectivity index is 1.96. The zero-order valence-corrected chi connectivity index (χ0v) is 14.6. The number of anilines is 1. The standard InChI is InChI=1S/C15H10BrCl2N3O2/c16-10-5-1-2-7-12(10)20-14(22)15(23)21-19-8-9-4-3-6-11(17)13(9)18/h1-8H,(H,20,22)(H,21,23)/b19-8-. The van der Waals surface area contributed by atoms with Gasteiger partial charge >= 0.3 is 11.8 Å². The Morgan fingerprint density at radius 2 is 1.78 bits per heavy atom. The van der Waals surface area contributed by atoms with Gasteiger partial charge in [0.2, 0.25) is 0 Å². The van der Waals surface area contributed by atoms with Gasteiger partial charge in [-0.25, -0.2) is 5.43 Å². The predicted molar refractivity (Wildman–Crippen MR) is 95.0 cm³/mol. The monoisotopic (exact) mass is 413 g/mol. The highest BCUT2D eigenvalue weighted by atomic mass is 79.9. The molecule has 8 heteroatoms. The van der Waals surface area contributed by atoms with Gasteiger partial charge in [0.15, 0.2) is 0 Å². The number of para-hydroxylation sites is 1. The van der Waals surface area contributed by atoms with E-state index in [0.29, 0.717) is 25.8 Å². The average molecular weight is 415 g/mol. The van der Waals surface area contributed by atoms with E-state index < -0.39 is 11.8 Å². The van der Waals surface area contributed by atoms with Crippen LogP contribution in [0.25, 0.3) is 0 Å². The molecule has 2 rings (SSSR count). The van der Waals surface area contributed by atoms with Crippen molar-refractivity contribution in [3.8, 4) is 0 Å². The number of halogens is 3. The normalized spacial score (nSPS) is 10.6. The number of nitrogens with one attached hydrogen (secondary N) is 2. The zero-order valence-electron chi connectivity index (χ0n) is 11.5. The lowest BCUT2D eigenvalue weighted by Gasteiger charge is -2.05. The van der Waals surface area contributed by atoms with E-state index >= 15 is 0 Å². The first-order valence-corrected chi connectivity index (χ1v) is 7.87. The van der Waals surface area contributed by atoms with Crippen LogP contribution in [0.4, 0.5) is 5.69 Å². The van der Waals surface area contributed by atoms with Gasteiger partial charge in [-0.3, -0.25) is 9.59 Å². The molecule has 0 atom stereocenters. The van der Waals surface area contributed by atoms with Crippen LogP contribution < -0.4 is 10.7 Å². The number of carbonyl (C=O) groups excluding carboxylic acids is 2. The van der Waals surface area contributed by atoms with Gasteiger partial charge in [0.05, 0.1) is 21.9 Å². The molecule has 0 fully saturated rings. The molecule has 2 N–H and O–H groups in total. The maximum Gasteiger partial charge on any atom is 0.329 e. The second kappa shape index (κ2) is 8.10. The quantitative estimate of drug-likeness (QED) is 0.455. The summed E-state index contributed by atoms with van der Waals surface area (Å²) in [5.74, 6) is -1.75. The summed E-state index contributed by atoms with van der Waals surface area (Å²) in [6.45, 7) is 0. The third-order valence-electron chi connectivity index (χ3n) is 2.68. The summed E-state index contributed by atoms with van der Waals surface area (Å²) < 4.78 is 0.662. The van der Waals surface area contributed by atoms with Crippen LogP contribution >= 0.6 is 39.1 Å². The highest BCUT2D eigenvalue weighted by Crippen LogP contribution is 2.24. The Kier molecular flexibility index (Phi) is 6.15. The van der Waals surface area contributed by atoms with Crippen LogP contribution in [0, 0.1) is 0 Å². The smallest absolute Gasteiger partial charge is 0.317 e. The van der Waals surface area contributed by atoms with E-state index in [-0.39, 0.29) is 0 Å². The number of nitrogens with zero attached hydrogens (tertiary/aromatic N) is 1. The van der Waals surface area contributed by atoms with E-state index in [4.69, 9.17) is 23.2 Å². The van der Waals surface area contributed by atoms with Crippen molar-refractivity contribution in [2.75, 3.05) is 5.32 Å². The molecule has 0 aliphatic heterocycles. The molecule has 0 bridgehead atoms. The van der Waals surface area contributed by atoms with Crippen molar-refractivity contribution in [2.24, 2.45) is 5.10 Å². The minimum absolute atomic E-state index is 0.310. The molecule has 2 aromatic rings. The first kappa shape index (κ1) is 17.5. The van der Waals surface area contributed by atoms with Gasteiger partial charge in [0, 0.05) is 10.0 Å². The Bertz CT molecular complexity index is 781. The van der Waals surface area contributed by atoms with E-state index in [9.17, 15) is 9.59 Å². The second-order valence-electron chi connectivity index (χ2n) is 4.28. The molecule has 0 aliphatic carbocycles. The van der Waals surface area contributed by atoms with Crippen molar-refractivity contribution in [2.45, 2.75) is 0 Å². The Morgan fingerprint density at radius 1 is 1.04 bits per heavy atom. The van der Waals surface area contributed by atoms with Gasteiger partial charge in [-0.2, -0.15) is 5.10 Å². The first-order chi connectivity index (χ1) is 11.0. The summed E-state index contributed by atoms with van der Waals surface area (Å²) in [5.41, 5.74) is 3.12. The fraction of sp³-hybridized carbons (Fsp3) is 0. The van der Waals surface area contributed by atoms with Crippen LogP contribution in [0.1, 0.15) is 5.56 Å². The summed E-state index contributed by atoms with van der Waals surface area (Å²) >= 11 is 15.1. The fourth-order valence-electron chi connectivity index (χ4n) is 1.57. The maximum absolute atomic E-state index is 11.8. The van der Waals surface area contributed by atoms with Crippen LogP contribution in [0.2, 0.25) is 10.0 Å². The van der Waals surface area contributed by atoms with E-state index in [1.54, 1.807) is 42.5 Å². The van der Waals surface area contributed by atoms with Crippen LogP contribution in [-0.2, 0) is 9.59 Å². The number of benzene rings is 2. The number of carbonyl (C=O) groups is 2. The second-order valence-corrected chi connectivity index (χ2v) is 5.92. The molecule has 0 saturated heterocycles. The number of amides is 2. The zero-order chi connectivity index (χ0) is 16.8. The van der Waals surface area contributed by atoms with Crippen molar-refractivity contribution in [1.29, 1.82) is 0 Å². The van der Waals surface area contributed by atoms with Crippen molar-refractivity contribution in [3.63, 3.8) is 0 Å². The molecule has 0 aliphatic rings. The lowest BCUT2D eigenvalue weighted by Crippen LogP contribution is -2.32. The number of hydrogen-bond acceptors (Lipinski definition) is 3. The SMILES string of the molecule is O=C(N/N=C\c1cccc(Cl)c1Cl)C(=O)Nc1ccccc1Br. The van der Waals surface area contributed by atoms with Crippen LogP contribution in [-0.4, -0.2) is 18.0 Å². The van der Waals surface area contributed by atoms with Crippen molar-refractivity contribution >= 4 is 62.8 Å². The summed E-state index contributed by atoms with van der Waals surface area (Å²) in [4.78, 5) is 23.5. The molecule has 5 nitrogen and oxygen atoms in total. The summed E-state index contributed by atoms with van der Waals surface area (Å²) in [6, 6.07) is 11.9. The van der Waals surface area contributed by atoms with Crippen LogP contribution in [0.3, 0.4) is 0 Å². The fourth-order valence-corrected chi connectivity index (χ4v) is 2.31. The molecule has 0 spiro atoms. The minimum atomic E-state index is -0.907. The summed E-state index contributed by atoms with van der Waals surface area (Å²) in [7, 11) is 0. The number of hydrogen-bond donors (Lipinski definition) is 2. The molecule has 2 aromatic carbocycles. The van der Waals surface area contributed by atoms with Gasteiger partial charge in [-0.05, 0) is 34.1 Å². The van der Waals surface area contributed by atoms with Gasteiger partial charge in [-0.15, -0.1) is 0 Å². The number of rotatable bonds is 3. The third kappa shape index (κ3) is 4.79. The van der Waals surface area contributed by atoms with Crippen molar-refractivity contribution < 1.29 is 9.59 Å². The third-order valence-corrected chi connectivity index (χ3v) is 4.20. The average Bonchev–Trinajstić information content (AvgIpc) is 2.53. The molecule has 118 valence electrons. The maximum atomic E-state index is 11.8. The molecule has 0 aromatic heterocycles. The molecule has 0 heterocycles. The largest absolute Gasteiger partial charge is 0.329 e. The number of hydrazone groups is 1. The van der Waals surface area contributed by atoms with Gasteiger partial charge < -0.3 is 5.32 Å². The summed E-state index contributed by atoms with van der Waals surface area (Å²) in [6.07, 6.45) is 1.30. The molecule has 0 unspecified atom stereocenters. The van der Waals surface area contributed by atoms with Crippen LogP contribution in [0.5, 0.6) is 0 Å². The van der Waals surface area contributed by atoms with E-state index in [1.807, 2.05) is 0 Å². The lowest BCUT2D eigenvalue weighted by molar-refractivity contribution is -0.136. The highest BCUT2D eigenvalue weighted by Gasteiger charge is 2.14. The van der Waals surface area contributed by atoms with E-state index in [1.165, 1.54) is 6.21 Å². The first-order valence-electron chi connectivity index (χ1n) is 6.32. The molecular weight excluding hydrogens is 405 g/mol. The molecular formula is C15H10BrCl2N3O2. The van der Waals surface area contributed by atoms with Gasteiger partial charge in [-0.1, -0.05) is 47.5 Å². The Labute approximate surface area is 150 Å². The summed E-state index contributed by atoms with van der Waals surface area (Å²) in [5, 5.41) is 6.83. The van der Waals surface area contributed by atoms with Crippen molar-refractivity contribution in [3.05, 3.63) is 62.5 Å². The molecule has 0 radical (unpaired) electrons. The van der Waals surface area contributed by atoms with E-state index in [2.05, 4.69) is 31.8 Å². The minimum Gasteiger partial charge on any atom is -0.317 e. The lowest BCUT2D eigenvalue weighted by atomic mass is 10.2.